The first-order chi connectivity index (χ1) is 24.8. The zero-order valence-electron chi connectivity index (χ0n) is 27.2. The van der Waals surface area contributed by atoms with Gasteiger partial charge in [-0.2, -0.15) is 0 Å². The molecular weight excluding hydrogens is 627 g/mol. The van der Waals surface area contributed by atoms with Crippen LogP contribution in [-0.4, -0.2) is 10.4 Å². The van der Waals surface area contributed by atoms with Crippen molar-refractivity contribution in [2.75, 3.05) is 0 Å². The second-order valence-electron chi connectivity index (χ2n) is 13.5. The number of amidine groups is 1. The molecule has 2 aromatic heterocycles. The number of hydrogen-bond acceptors (Lipinski definition) is 3. The molecule has 50 heavy (non-hydrogen) atoms. The van der Waals surface area contributed by atoms with Gasteiger partial charge in [-0.15, -0.1) is 11.3 Å². The van der Waals surface area contributed by atoms with E-state index in [4.69, 9.17) is 4.99 Å². The van der Waals surface area contributed by atoms with Crippen molar-refractivity contribution < 1.29 is 0 Å². The number of hydrogen-bond donors (Lipinski definition) is 1. The number of aliphatic imine (C=N–C) groups is 1. The van der Waals surface area contributed by atoms with Crippen LogP contribution in [0.5, 0.6) is 0 Å². The number of thiophene rings is 1. The van der Waals surface area contributed by atoms with Crippen molar-refractivity contribution in [2.24, 2.45) is 4.99 Å². The first kappa shape index (κ1) is 27.9. The van der Waals surface area contributed by atoms with E-state index in [0.717, 1.165) is 24.4 Å². The van der Waals surface area contributed by atoms with Crippen LogP contribution in [0, 0.1) is 0 Å². The minimum Gasteiger partial charge on any atom is -0.358 e. The van der Waals surface area contributed by atoms with Gasteiger partial charge in [-0.3, -0.25) is 0 Å². The number of fused-ring (bicyclic) bond motifs is 9. The molecule has 0 saturated carbocycles. The highest BCUT2D eigenvalue weighted by Crippen LogP contribution is 2.46. The highest BCUT2D eigenvalue weighted by Gasteiger charge is 2.30. The Morgan fingerprint density at radius 2 is 1.24 bits per heavy atom. The van der Waals surface area contributed by atoms with Gasteiger partial charge in [0.1, 0.15) is 5.84 Å². The van der Waals surface area contributed by atoms with Gasteiger partial charge in [-0.05, 0) is 75.5 Å². The average molecular weight is 658 g/mol. The van der Waals surface area contributed by atoms with Crippen molar-refractivity contribution >= 4 is 87.6 Å². The fourth-order valence-corrected chi connectivity index (χ4v) is 9.64. The van der Waals surface area contributed by atoms with Gasteiger partial charge in [0.25, 0.3) is 0 Å². The molecule has 0 unspecified atom stereocenters. The fourth-order valence-electron chi connectivity index (χ4n) is 8.42. The molecule has 236 valence electrons. The number of nitrogens with one attached hydrogen (secondary N) is 1. The summed E-state index contributed by atoms with van der Waals surface area (Å²) < 4.78 is 3.81. The lowest BCUT2D eigenvalue weighted by Gasteiger charge is -2.28. The van der Waals surface area contributed by atoms with Crippen LogP contribution >= 0.6 is 11.3 Å². The van der Waals surface area contributed by atoms with Gasteiger partial charge in [0.05, 0.1) is 27.6 Å². The van der Waals surface area contributed by atoms with E-state index in [-0.39, 0.29) is 6.04 Å². The van der Waals surface area contributed by atoms with E-state index in [1.165, 1.54) is 85.6 Å². The fraction of sp³-hybridized carbons (Fsp3) is 0.0652. The van der Waals surface area contributed by atoms with Crippen LogP contribution in [-0.2, 0) is 0 Å². The van der Waals surface area contributed by atoms with Crippen LogP contribution in [0.2, 0.25) is 0 Å². The Hall–Kier alpha value is -5.97. The summed E-state index contributed by atoms with van der Waals surface area (Å²) in [7, 11) is 0. The lowest BCUT2D eigenvalue weighted by Crippen LogP contribution is -2.41. The number of aromatic nitrogens is 1. The SMILES string of the molecule is c1ccc2c(c1)=C(C1=Nc3c(sc4ccccc34)[C@H](c3ccc4ccccc4c3)N1)CCC=2n1c2ccccc2c2cc3ccccc3cc21. The number of benzene rings is 7. The third-order valence-electron chi connectivity index (χ3n) is 10.7. The topological polar surface area (TPSA) is 29.3 Å². The molecule has 0 saturated heterocycles. The summed E-state index contributed by atoms with van der Waals surface area (Å²) >= 11 is 1.86. The number of para-hydroxylation sites is 1. The Labute approximate surface area is 292 Å². The quantitative estimate of drug-likeness (QED) is 0.201. The molecule has 1 aliphatic carbocycles. The summed E-state index contributed by atoms with van der Waals surface area (Å²) in [5, 5.41) is 15.4. The molecule has 3 heterocycles. The van der Waals surface area contributed by atoms with Gasteiger partial charge >= 0.3 is 0 Å². The Balaban J connectivity index is 1.17. The van der Waals surface area contributed by atoms with Crippen molar-refractivity contribution in [1.82, 2.24) is 9.88 Å². The normalized spacial score (nSPS) is 15.8. The molecule has 11 rings (SSSR count). The first-order valence-electron chi connectivity index (χ1n) is 17.4. The van der Waals surface area contributed by atoms with Crippen molar-refractivity contribution in [1.29, 1.82) is 0 Å². The first-order valence-corrected chi connectivity index (χ1v) is 18.2. The van der Waals surface area contributed by atoms with Crippen LogP contribution in [0.1, 0.15) is 29.3 Å². The second kappa shape index (κ2) is 10.8. The van der Waals surface area contributed by atoms with Gasteiger partial charge in [-0.1, -0.05) is 121 Å². The van der Waals surface area contributed by atoms with Gasteiger partial charge in [0.2, 0.25) is 0 Å². The maximum absolute atomic E-state index is 5.48. The van der Waals surface area contributed by atoms with E-state index in [9.17, 15) is 0 Å². The molecule has 1 aliphatic heterocycles. The lowest BCUT2D eigenvalue weighted by atomic mass is 9.93. The highest BCUT2D eigenvalue weighted by atomic mass is 32.1. The minimum atomic E-state index is 0.00941. The molecular formula is C46H31N3S. The molecule has 0 radical (unpaired) electrons. The third-order valence-corrected chi connectivity index (χ3v) is 12.0. The molecule has 0 amide bonds. The monoisotopic (exact) mass is 657 g/mol. The molecule has 1 N–H and O–H groups in total. The standard InChI is InChI=1S/C46H31N3S/c1-2-12-29-25-32(22-21-28(29)11-1)43-45-44(37-18-8-10-20-42(37)50-45)48-46(47-43)36-23-24-40(34-16-6-5-15-33(34)36)49-39-19-9-7-17-35(39)38-26-30-13-3-4-14-31(30)27-41(38)49/h1-22,25-27,43H,23-24H2,(H,47,48)/t43-/m0/s1. The van der Waals surface area contributed by atoms with E-state index in [0.29, 0.717) is 0 Å². The maximum Gasteiger partial charge on any atom is 0.131 e. The average Bonchev–Trinajstić information content (AvgIpc) is 3.71. The van der Waals surface area contributed by atoms with Crippen molar-refractivity contribution in [3.8, 4) is 0 Å². The predicted molar refractivity (Wildman–Crippen MR) is 212 cm³/mol. The van der Waals surface area contributed by atoms with Crippen molar-refractivity contribution in [2.45, 2.75) is 18.9 Å². The van der Waals surface area contributed by atoms with Crippen LogP contribution in [0.3, 0.4) is 0 Å². The molecule has 0 spiro atoms. The van der Waals surface area contributed by atoms with Crippen LogP contribution in [0.4, 0.5) is 5.69 Å². The summed E-state index contributed by atoms with van der Waals surface area (Å²) in [6.07, 6.45) is 1.80. The van der Waals surface area contributed by atoms with E-state index in [1.54, 1.807) is 0 Å². The van der Waals surface area contributed by atoms with E-state index < -0.39 is 0 Å². The second-order valence-corrected chi connectivity index (χ2v) is 14.6. The Bertz CT molecular complexity index is 3030. The molecule has 2 aliphatic rings. The molecule has 7 aromatic carbocycles. The van der Waals surface area contributed by atoms with Crippen LogP contribution in [0.25, 0.3) is 64.7 Å². The smallest absolute Gasteiger partial charge is 0.131 e. The largest absolute Gasteiger partial charge is 0.358 e. The third kappa shape index (κ3) is 4.12. The molecule has 9 aromatic rings. The summed E-state index contributed by atoms with van der Waals surface area (Å²) in [4.78, 5) is 6.76. The van der Waals surface area contributed by atoms with Crippen LogP contribution in [0.15, 0.2) is 157 Å². The van der Waals surface area contributed by atoms with Crippen molar-refractivity contribution in [3.63, 3.8) is 0 Å². The summed E-state index contributed by atoms with van der Waals surface area (Å²) in [5.41, 5.74) is 7.50. The van der Waals surface area contributed by atoms with Gasteiger partial charge in [0.15, 0.2) is 0 Å². The maximum atomic E-state index is 5.48. The predicted octanol–water partition coefficient (Wildman–Crippen LogP) is 10.3. The minimum absolute atomic E-state index is 0.00941. The molecule has 4 heteroatoms. The zero-order valence-corrected chi connectivity index (χ0v) is 28.0. The Morgan fingerprint density at radius 3 is 2.10 bits per heavy atom. The molecule has 0 fully saturated rings. The van der Waals surface area contributed by atoms with E-state index >= 15 is 0 Å². The summed E-state index contributed by atoms with van der Waals surface area (Å²) in [5.74, 6) is 0.985. The molecule has 1 atom stereocenters. The summed E-state index contributed by atoms with van der Waals surface area (Å²) in [6.45, 7) is 0. The lowest BCUT2D eigenvalue weighted by molar-refractivity contribution is 0.767. The van der Waals surface area contributed by atoms with Gasteiger partial charge in [0, 0.05) is 37.3 Å². The molecule has 0 bridgehead atoms. The zero-order chi connectivity index (χ0) is 32.8. The number of nitrogens with zero attached hydrogens (tertiary/aromatic N) is 2. The highest BCUT2D eigenvalue weighted by molar-refractivity contribution is 7.19. The van der Waals surface area contributed by atoms with Gasteiger partial charge < -0.3 is 9.88 Å². The van der Waals surface area contributed by atoms with Crippen LogP contribution < -0.4 is 15.8 Å². The number of rotatable bonds is 3. The Kier molecular flexibility index (Phi) is 6.01. The molecule has 3 nitrogen and oxygen atoms in total. The summed E-state index contributed by atoms with van der Waals surface area (Å²) in [6, 6.07) is 55.6. The van der Waals surface area contributed by atoms with E-state index in [2.05, 4.69) is 162 Å². The van der Waals surface area contributed by atoms with Crippen molar-refractivity contribution in [3.05, 3.63) is 173 Å². The van der Waals surface area contributed by atoms with Gasteiger partial charge in [-0.25, -0.2) is 4.99 Å². The Morgan fingerprint density at radius 1 is 0.560 bits per heavy atom. The van der Waals surface area contributed by atoms with E-state index in [1.807, 2.05) is 11.3 Å².